The highest BCUT2D eigenvalue weighted by Crippen LogP contribution is 2.49. The number of ether oxygens (including phenoxy) is 1. The molecule has 0 radical (unpaired) electrons. The first kappa shape index (κ1) is 26.4. The molecule has 2 heterocycles. The Balaban J connectivity index is 1.35. The Labute approximate surface area is 233 Å². The molecule has 0 spiro atoms. The van der Waals surface area contributed by atoms with Gasteiger partial charge in [-0.2, -0.15) is 0 Å². The lowest BCUT2D eigenvalue weighted by Crippen LogP contribution is -2.58. The van der Waals surface area contributed by atoms with Crippen molar-refractivity contribution in [1.82, 2.24) is 4.90 Å². The number of benzene rings is 2. The van der Waals surface area contributed by atoms with E-state index in [9.17, 15) is 14.7 Å². The summed E-state index contributed by atoms with van der Waals surface area (Å²) in [6, 6.07) is 11.2. The van der Waals surface area contributed by atoms with Crippen molar-refractivity contribution in [2.75, 3.05) is 6.54 Å². The number of carbonyl (C=O) groups is 1. The molecule has 3 aliphatic rings. The zero-order valence-electron chi connectivity index (χ0n) is 22.7. The Kier molecular flexibility index (Phi) is 6.96. The molecule has 2 fully saturated rings. The van der Waals surface area contributed by atoms with Crippen LogP contribution in [0.25, 0.3) is 11.0 Å². The minimum atomic E-state index is -0.771. The monoisotopic (exact) mass is 549 g/mol. The lowest BCUT2D eigenvalue weighted by Gasteiger charge is -2.53. The van der Waals surface area contributed by atoms with E-state index in [-0.39, 0.29) is 23.5 Å². The van der Waals surface area contributed by atoms with Crippen molar-refractivity contribution in [2.24, 2.45) is 5.92 Å². The molecule has 4 atom stereocenters. The fourth-order valence-corrected chi connectivity index (χ4v) is 7.36. The molecule has 7 heteroatoms. The summed E-state index contributed by atoms with van der Waals surface area (Å²) in [6.45, 7) is 4.19. The third-order valence-corrected chi connectivity index (χ3v) is 9.39. The van der Waals surface area contributed by atoms with E-state index >= 15 is 0 Å². The molecule has 1 saturated carbocycles. The number of halogens is 1. The van der Waals surface area contributed by atoms with Gasteiger partial charge in [0, 0.05) is 23.0 Å². The highest BCUT2D eigenvalue weighted by molar-refractivity contribution is 6.30. The Hall–Kier alpha value is -2.83. The molecule has 1 aromatic heterocycles. The second-order valence-corrected chi connectivity index (χ2v) is 12.1. The standard InChI is InChI=1S/C32H36ClNO5/c1-19-17-26(28-23-7-3-4-8-24(23)31(36)39-27(28)18-19)38-20(2)30(35)34-16-15-32(37)14-6-5-9-25(32)29(34)21-10-12-22(33)13-11-21/h10-13,17-18,20,25,29,37H,3-9,14-16H2,1-2H3/t20?,25-,29-,32-/m0/s1. The van der Waals surface area contributed by atoms with Crippen LogP contribution in [0.2, 0.25) is 5.02 Å². The van der Waals surface area contributed by atoms with Crippen LogP contribution >= 0.6 is 11.6 Å². The highest BCUT2D eigenvalue weighted by Gasteiger charge is 2.50. The van der Waals surface area contributed by atoms with Crippen LogP contribution in [0.3, 0.4) is 0 Å². The van der Waals surface area contributed by atoms with Crippen LogP contribution < -0.4 is 10.4 Å². The smallest absolute Gasteiger partial charge is 0.339 e. The maximum Gasteiger partial charge on any atom is 0.339 e. The molecule has 39 heavy (non-hydrogen) atoms. The number of piperidine rings is 1. The Morgan fingerprint density at radius 2 is 1.85 bits per heavy atom. The van der Waals surface area contributed by atoms with Crippen molar-refractivity contribution in [3.63, 3.8) is 0 Å². The molecule has 1 aliphatic heterocycles. The van der Waals surface area contributed by atoms with Crippen molar-refractivity contribution >= 4 is 28.5 Å². The van der Waals surface area contributed by atoms with Gasteiger partial charge in [0.25, 0.3) is 5.91 Å². The molecule has 0 bridgehead atoms. The van der Waals surface area contributed by atoms with Crippen LogP contribution in [0.15, 0.2) is 45.6 Å². The van der Waals surface area contributed by atoms with Gasteiger partial charge in [0.2, 0.25) is 0 Å². The first-order valence-electron chi connectivity index (χ1n) is 14.3. The van der Waals surface area contributed by atoms with E-state index in [0.29, 0.717) is 35.7 Å². The van der Waals surface area contributed by atoms with Crippen LogP contribution in [-0.2, 0) is 17.6 Å². The van der Waals surface area contributed by atoms with E-state index in [1.165, 1.54) is 0 Å². The van der Waals surface area contributed by atoms with Crippen molar-refractivity contribution in [3.05, 3.63) is 74.1 Å². The predicted molar refractivity (Wildman–Crippen MR) is 151 cm³/mol. The van der Waals surface area contributed by atoms with Gasteiger partial charge >= 0.3 is 5.63 Å². The third-order valence-electron chi connectivity index (χ3n) is 9.14. The van der Waals surface area contributed by atoms with Gasteiger partial charge in [0.05, 0.1) is 17.0 Å². The summed E-state index contributed by atoms with van der Waals surface area (Å²) in [5, 5.41) is 13.1. The van der Waals surface area contributed by atoms with Crippen molar-refractivity contribution in [1.29, 1.82) is 0 Å². The summed E-state index contributed by atoms with van der Waals surface area (Å²) < 4.78 is 12.2. The predicted octanol–water partition coefficient (Wildman–Crippen LogP) is 6.30. The maximum absolute atomic E-state index is 14.1. The second kappa shape index (κ2) is 10.3. The minimum Gasteiger partial charge on any atom is -0.480 e. The van der Waals surface area contributed by atoms with Crippen LogP contribution in [0.1, 0.15) is 80.2 Å². The third kappa shape index (κ3) is 4.76. The lowest BCUT2D eigenvalue weighted by molar-refractivity contribution is -0.161. The van der Waals surface area contributed by atoms with Crippen molar-refractivity contribution < 1.29 is 19.1 Å². The van der Waals surface area contributed by atoms with Crippen molar-refractivity contribution in [3.8, 4) is 5.75 Å². The topological polar surface area (TPSA) is 80.0 Å². The zero-order chi connectivity index (χ0) is 27.3. The Morgan fingerprint density at radius 1 is 1.10 bits per heavy atom. The minimum absolute atomic E-state index is 0.0431. The van der Waals surface area contributed by atoms with Gasteiger partial charge in [-0.25, -0.2) is 4.79 Å². The van der Waals surface area contributed by atoms with Gasteiger partial charge in [-0.15, -0.1) is 0 Å². The summed E-state index contributed by atoms with van der Waals surface area (Å²) in [5.41, 5.74) is 3.09. The number of aryl methyl sites for hydroxylation is 2. The molecule has 6 nitrogen and oxygen atoms in total. The normalized spacial score (nSPS) is 25.6. The molecule has 206 valence electrons. The fourth-order valence-electron chi connectivity index (χ4n) is 7.24. The van der Waals surface area contributed by atoms with Gasteiger partial charge in [0.15, 0.2) is 6.10 Å². The quantitative estimate of drug-likeness (QED) is 0.386. The van der Waals surface area contributed by atoms with Gasteiger partial charge in [-0.05, 0) is 99.7 Å². The number of amides is 1. The van der Waals surface area contributed by atoms with E-state index in [0.717, 1.165) is 72.6 Å². The molecule has 6 rings (SSSR count). The first-order chi connectivity index (χ1) is 18.7. The Morgan fingerprint density at radius 3 is 2.62 bits per heavy atom. The second-order valence-electron chi connectivity index (χ2n) is 11.7. The molecule has 1 N–H and O–H groups in total. The molecule has 3 aromatic rings. The van der Waals surface area contributed by atoms with Crippen LogP contribution in [0.5, 0.6) is 5.75 Å². The van der Waals surface area contributed by atoms with Crippen molar-refractivity contribution in [2.45, 2.75) is 89.4 Å². The van der Waals surface area contributed by atoms with Gasteiger partial charge in [-0.3, -0.25) is 4.79 Å². The summed E-state index contributed by atoms with van der Waals surface area (Å²) in [6.07, 6.45) is 6.96. The maximum atomic E-state index is 14.1. The van der Waals surface area contributed by atoms with E-state index in [1.54, 1.807) is 6.92 Å². The average molecular weight is 550 g/mol. The molecule has 2 aliphatic carbocycles. The molecule has 2 aromatic carbocycles. The van der Waals surface area contributed by atoms with E-state index in [4.69, 9.17) is 20.8 Å². The first-order valence-corrected chi connectivity index (χ1v) is 14.7. The highest BCUT2D eigenvalue weighted by atomic mass is 35.5. The molecule has 1 amide bonds. The number of rotatable bonds is 4. The number of carbonyl (C=O) groups excluding carboxylic acids is 1. The number of hydrogen-bond acceptors (Lipinski definition) is 5. The molecule has 1 unspecified atom stereocenters. The average Bonchev–Trinajstić information content (AvgIpc) is 2.92. The van der Waals surface area contributed by atoms with E-state index in [2.05, 4.69) is 0 Å². The largest absolute Gasteiger partial charge is 0.480 e. The number of hydrogen-bond donors (Lipinski definition) is 1. The lowest BCUT2D eigenvalue weighted by atomic mass is 9.66. The molecular formula is C32H36ClNO5. The SMILES string of the molecule is Cc1cc(OC(C)C(=O)N2CC[C@@]3(O)CCCC[C@H]3[C@@H]2c2ccc(Cl)cc2)c2c3c(c(=O)oc2c1)CCCC3. The van der Waals surface area contributed by atoms with Gasteiger partial charge < -0.3 is 19.2 Å². The Bertz CT molecular complexity index is 1460. The summed E-state index contributed by atoms with van der Waals surface area (Å²) in [4.78, 5) is 28.7. The van der Waals surface area contributed by atoms with Crippen LogP contribution in [-0.4, -0.2) is 34.2 Å². The van der Waals surface area contributed by atoms with Gasteiger partial charge in [-0.1, -0.05) is 36.6 Å². The number of aliphatic hydroxyl groups is 1. The summed E-state index contributed by atoms with van der Waals surface area (Å²) >= 11 is 6.20. The zero-order valence-corrected chi connectivity index (χ0v) is 23.4. The number of fused-ring (bicyclic) bond motifs is 4. The van der Waals surface area contributed by atoms with E-state index in [1.807, 2.05) is 48.2 Å². The summed E-state index contributed by atoms with van der Waals surface area (Å²) in [5.74, 6) is 0.434. The molecule has 1 saturated heterocycles. The summed E-state index contributed by atoms with van der Waals surface area (Å²) in [7, 11) is 0. The van der Waals surface area contributed by atoms with Crippen LogP contribution in [0, 0.1) is 12.8 Å². The van der Waals surface area contributed by atoms with Crippen LogP contribution in [0.4, 0.5) is 0 Å². The number of likely N-dealkylation sites (tertiary alicyclic amines) is 1. The van der Waals surface area contributed by atoms with Gasteiger partial charge in [0.1, 0.15) is 11.3 Å². The number of nitrogens with zero attached hydrogens (tertiary/aromatic N) is 1. The molecular weight excluding hydrogens is 514 g/mol. The fraction of sp³-hybridized carbons (Fsp3) is 0.500. The van der Waals surface area contributed by atoms with E-state index < -0.39 is 11.7 Å².